The van der Waals surface area contributed by atoms with E-state index in [9.17, 15) is 14.7 Å². The Kier molecular flexibility index (Phi) is 15.8. The van der Waals surface area contributed by atoms with Crippen molar-refractivity contribution in [3.63, 3.8) is 0 Å². The molecule has 0 radical (unpaired) electrons. The smallest absolute Gasteiger partial charge is 0.323 e. The van der Waals surface area contributed by atoms with Crippen molar-refractivity contribution < 1.29 is 24.0 Å². The average Bonchev–Trinajstić information content (AvgIpc) is 3.80. The number of carbonyl (C=O) groups excluding carboxylic acids is 2. The van der Waals surface area contributed by atoms with Crippen molar-refractivity contribution >= 4 is 25.9 Å². The van der Waals surface area contributed by atoms with E-state index in [0.29, 0.717) is 32.8 Å². The highest BCUT2D eigenvalue weighted by Crippen LogP contribution is 2.67. The lowest BCUT2D eigenvalue weighted by Crippen LogP contribution is -2.48. The molecule has 0 saturated heterocycles. The molecule has 3 aliphatic rings. The van der Waals surface area contributed by atoms with Gasteiger partial charge in [0.25, 0.3) is 0 Å². The van der Waals surface area contributed by atoms with Crippen LogP contribution in [0.4, 0.5) is 0 Å². The first kappa shape index (κ1) is 53.2. The molecule has 5 nitrogen and oxygen atoms in total. The van der Waals surface area contributed by atoms with Gasteiger partial charge in [0.1, 0.15) is 32.0 Å². The number of ketones is 1. The average molecular weight is 917 g/mol. The highest BCUT2D eigenvalue weighted by molar-refractivity contribution is 7.42. The molecule has 1 heterocycles. The zero-order valence-corrected chi connectivity index (χ0v) is 45.3. The van der Waals surface area contributed by atoms with Crippen molar-refractivity contribution in [3.05, 3.63) is 123 Å². The largest absolute Gasteiger partial charge is 0.472 e. The second-order valence-electron chi connectivity index (χ2n) is 25.3. The number of aliphatic hydroxyl groups is 1. The third-order valence-electron chi connectivity index (χ3n) is 14.7. The maximum atomic E-state index is 12.8. The van der Waals surface area contributed by atoms with Crippen LogP contribution in [-0.4, -0.2) is 23.0 Å². The van der Waals surface area contributed by atoms with Crippen LogP contribution >= 0.6 is 8.81 Å². The van der Waals surface area contributed by atoms with Gasteiger partial charge in [-0.15, -0.1) is 0 Å². The summed E-state index contributed by atoms with van der Waals surface area (Å²) in [4.78, 5) is 25.0. The van der Waals surface area contributed by atoms with E-state index >= 15 is 0 Å². The van der Waals surface area contributed by atoms with Crippen LogP contribution in [0.25, 0.3) is 0 Å². The molecule has 2 aliphatic carbocycles. The maximum absolute atomic E-state index is 12.8. The van der Waals surface area contributed by atoms with Gasteiger partial charge in [-0.05, 0) is 124 Å². The molecule has 0 bridgehead atoms. The predicted molar refractivity (Wildman–Crippen MR) is 279 cm³/mol. The molecule has 0 aromatic heterocycles. The molecule has 2 saturated carbocycles. The lowest BCUT2D eigenvalue weighted by molar-refractivity contribution is -0.133. The Morgan fingerprint density at radius 2 is 1.23 bits per heavy atom. The van der Waals surface area contributed by atoms with Crippen LogP contribution in [0.1, 0.15) is 187 Å². The van der Waals surface area contributed by atoms with Crippen LogP contribution in [0, 0.1) is 54.8 Å². The second kappa shape index (κ2) is 19.7. The van der Waals surface area contributed by atoms with E-state index in [2.05, 4.69) is 203 Å². The molecule has 360 valence electrons. The molecule has 66 heavy (non-hydrogen) atoms. The minimum atomic E-state index is -0.340. The monoisotopic (exact) mass is 917 g/mol. The third-order valence-corrected chi connectivity index (χ3v) is 15.6. The fourth-order valence-corrected chi connectivity index (χ4v) is 10.6. The van der Waals surface area contributed by atoms with Crippen LogP contribution in [0.15, 0.2) is 78.9 Å². The molecule has 6 heteroatoms. The predicted octanol–water partition coefficient (Wildman–Crippen LogP) is 15.0. The lowest BCUT2D eigenvalue weighted by Gasteiger charge is -2.50. The van der Waals surface area contributed by atoms with Gasteiger partial charge in [0.15, 0.2) is 0 Å². The van der Waals surface area contributed by atoms with Crippen molar-refractivity contribution in [2.75, 3.05) is 0 Å². The Hall–Kier alpha value is -3.79. The molecule has 1 N–H and O–H groups in total. The van der Waals surface area contributed by atoms with Crippen LogP contribution in [0.3, 0.4) is 0 Å². The van der Waals surface area contributed by atoms with Gasteiger partial charge >= 0.3 is 5.97 Å². The summed E-state index contributed by atoms with van der Waals surface area (Å²) in [6.45, 7) is 41.5. The van der Waals surface area contributed by atoms with Gasteiger partial charge in [-0.25, -0.2) is 0 Å². The number of Topliss-reactive ketones (excluding diaryl/α,β-unsaturated/α-hetero) is 1. The molecule has 7 rings (SSSR count). The van der Waals surface area contributed by atoms with Crippen LogP contribution in [-0.2, 0) is 25.8 Å². The lowest BCUT2D eigenvalue weighted by atomic mass is 9.57. The molecule has 5 unspecified atom stereocenters. The van der Waals surface area contributed by atoms with E-state index in [0.717, 1.165) is 47.5 Å². The molecule has 1 spiro atoms. The maximum Gasteiger partial charge on any atom is 0.323 e. The second-order valence-corrected chi connectivity index (χ2v) is 26.3. The van der Waals surface area contributed by atoms with Gasteiger partial charge in [-0.2, -0.15) is 0 Å². The summed E-state index contributed by atoms with van der Waals surface area (Å²) < 4.78 is 11.7. The van der Waals surface area contributed by atoms with Crippen molar-refractivity contribution in [1.82, 2.24) is 0 Å². The summed E-state index contributed by atoms with van der Waals surface area (Å²) in [6, 6.07) is 27.6. The zero-order valence-electron chi connectivity index (χ0n) is 44.3. The van der Waals surface area contributed by atoms with E-state index in [-0.39, 0.29) is 56.4 Å². The van der Waals surface area contributed by atoms with Crippen molar-refractivity contribution in [1.29, 1.82) is 0 Å². The number of rotatable bonds is 6. The fourth-order valence-electron chi connectivity index (χ4n) is 9.90. The normalized spacial score (nSPS) is 23.1. The zero-order chi connectivity index (χ0) is 49.5. The molecule has 4 aromatic rings. The van der Waals surface area contributed by atoms with Crippen molar-refractivity contribution in [3.8, 4) is 11.5 Å². The Bertz CT molecular complexity index is 2300. The van der Waals surface area contributed by atoms with Crippen LogP contribution in [0.5, 0.6) is 11.5 Å². The Labute approximate surface area is 402 Å². The Morgan fingerprint density at radius 1 is 0.682 bits per heavy atom. The molecule has 4 aromatic carbocycles. The third kappa shape index (κ3) is 12.6. The van der Waals surface area contributed by atoms with Crippen LogP contribution < -0.4 is 14.6 Å². The molecular formula is C60H85O5P. The number of ether oxygens (including phenoxy) is 1. The quantitative estimate of drug-likeness (QED) is 0.119. The number of fused-ring (bicyclic) bond motifs is 1. The number of hydrogen-bond acceptors (Lipinski definition) is 5. The first-order chi connectivity index (χ1) is 30.3. The fraction of sp³-hybridized carbons (Fsp3) is 0.567. The number of aryl methyl sites for hydroxylation is 3. The Balaban J connectivity index is 0.000000188. The summed E-state index contributed by atoms with van der Waals surface area (Å²) in [5.41, 5.74) is 9.93. The van der Waals surface area contributed by atoms with E-state index in [1.54, 1.807) is 0 Å². The number of benzene rings is 4. The summed E-state index contributed by atoms with van der Waals surface area (Å²) >= 11 is 0. The number of esters is 1. The molecule has 0 amide bonds. The van der Waals surface area contributed by atoms with Crippen molar-refractivity contribution in [2.24, 2.45) is 34.0 Å². The molecular weight excluding hydrogens is 832 g/mol. The molecule has 1 aliphatic heterocycles. The van der Waals surface area contributed by atoms with Gasteiger partial charge in [0.2, 0.25) is 0 Å². The topological polar surface area (TPSA) is 72.8 Å². The minimum Gasteiger partial charge on any atom is -0.472 e. The van der Waals surface area contributed by atoms with E-state index in [1.165, 1.54) is 33.1 Å². The van der Waals surface area contributed by atoms with Gasteiger partial charge in [0.05, 0.1) is 6.10 Å². The van der Waals surface area contributed by atoms with Gasteiger partial charge < -0.3 is 14.4 Å². The molecule has 2 fully saturated rings. The summed E-state index contributed by atoms with van der Waals surface area (Å²) in [5.74, 6) is 2.49. The van der Waals surface area contributed by atoms with Gasteiger partial charge in [-0.3, -0.25) is 9.59 Å². The summed E-state index contributed by atoms with van der Waals surface area (Å²) in [6.07, 6.45) is 3.54. The van der Waals surface area contributed by atoms with Gasteiger partial charge in [-0.1, -0.05) is 183 Å². The highest BCUT2D eigenvalue weighted by Gasteiger charge is 2.64. The molecule has 5 atom stereocenters. The minimum absolute atomic E-state index is 0.00834. The summed E-state index contributed by atoms with van der Waals surface area (Å²) in [5, 5.41) is 12.2. The van der Waals surface area contributed by atoms with Gasteiger partial charge in [0, 0.05) is 28.8 Å². The van der Waals surface area contributed by atoms with Crippen molar-refractivity contribution in [2.45, 2.75) is 186 Å². The Morgan fingerprint density at radius 3 is 1.70 bits per heavy atom. The number of hydrogen-bond donors (Lipinski definition) is 1. The number of carbonyl (C=O) groups is 2. The van der Waals surface area contributed by atoms with E-state index in [4.69, 9.17) is 9.26 Å². The number of aliphatic hydroxyl groups excluding tert-OH is 1. The first-order valence-electron chi connectivity index (χ1n) is 24.6. The SMILES string of the molecule is CCC(=O)C1CC12CC(C(C)(C)C)C(O)C(C(C)(C)C)C2.Cc1ccc(C2C(=O)Oc3c2cc(C(C)(C)C)cc3C(C)(C)C)cc1C.Cc1ccc(POc2ccc(C(C)(C)C)cc2)cc1. The van der Waals surface area contributed by atoms with E-state index in [1.807, 2.05) is 6.92 Å². The van der Waals surface area contributed by atoms with E-state index < -0.39 is 0 Å². The first-order valence-corrected chi connectivity index (χ1v) is 25.5. The van der Waals surface area contributed by atoms with Crippen LogP contribution in [0.2, 0.25) is 0 Å². The summed E-state index contributed by atoms with van der Waals surface area (Å²) in [7, 11) is 0.362. The standard InChI is InChI=1S/C24H30O2.C19H34O2.C17H21OP/c1-14-9-10-16(11-15(14)2)20-18-12-17(23(3,4)5)13-19(24(6,7)8)21(18)26-22(20)25;1-8-15(20)12-9-19(12)10-13(17(2,3)4)16(21)14(11-19)18(5,6)7;1-13-5-11-16(12-6-13)19-18-15-9-7-14(8-10-15)17(2,3)4/h9-13,20H,1-8H3;12-14,16,21H,8-11H2,1-7H3;5-12,19H,1-4H3. The highest BCUT2D eigenvalue weighted by atomic mass is 31.1.